The Bertz CT molecular complexity index is 995. The van der Waals surface area contributed by atoms with Crippen molar-refractivity contribution in [3.63, 3.8) is 0 Å². The zero-order valence-corrected chi connectivity index (χ0v) is 15.8. The quantitative estimate of drug-likeness (QED) is 0.679. The predicted molar refractivity (Wildman–Crippen MR) is 102 cm³/mol. The maximum atomic E-state index is 12.2. The number of benzene rings is 2. The fourth-order valence-corrected chi connectivity index (χ4v) is 4.94. The van der Waals surface area contributed by atoms with Crippen LogP contribution in [-0.2, 0) is 20.4 Å². The Morgan fingerprint density at radius 2 is 1.76 bits per heavy atom. The molecule has 0 aliphatic heterocycles. The van der Waals surface area contributed by atoms with Crippen molar-refractivity contribution in [2.45, 2.75) is 5.75 Å². The fraction of sp³-hybridized carbons (Fsp3) is 0.125. The summed E-state index contributed by atoms with van der Waals surface area (Å²) in [4.78, 5) is 16.3. The van der Waals surface area contributed by atoms with E-state index < -0.39 is 21.5 Å². The number of anilines is 1. The molecular weight excluding hydrogens is 403 g/mol. The molecule has 9 heteroatoms. The molecule has 0 radical (unpaired) electrons. The van der Waals surface area contributed by atoms with Gasteiger partial charge in [-0.15, -0.1) is 0 Å². The lowest BCUT2D eigenvalue weighted by atomic mass is 10.2. The van der Waals surface area contributed by atoms with Crippen LogP contribution in [0.2, 0.25) is 10.0 Å². The molecule has 1 amide bonds. The zero-order chi connectivity index (χ0) is 18.0. The number of amides is 1. The smallest absolute Gasteiger partial charge is 0.241 e. The lowest BCUT2D eigenvalue weighted by Gasteiger charge is -2.04. The van der Waals surface area contributed by atoms with Crippen LogP contribution in [-0.4, -0.2) is 25.1 Å². The average Bonchev–Trinajstić information content (AvgIpc) is 2.95. The van der Waals surface area contributed by atoms with Crippen LogP contribution >= 0.6 is 34.5 Å². The average molecular weight is 415 g/mol. The molecule has 1 aromatic heterocycles. The Hall–Kier alpha value is -1.67. The number of carbonyl (C=O) groups excluding carboxylic acids is 1. The lowest BCUT2D eigenvalue weighted by Crippen LogP contribution is -2.23. The molecule has 130 valence electrons. The first-order valence-corrected chi connectivity index (χ1v) is 10.5. The summed E-state index contributed by atoms with van der Waals surface area (Å²) in [7, 11) is -3.59. The molecule has 0 aliphatic rings. The summed E-state index contributed by atoms with van der Waals surface area (Å²) in [5, 5.41) is 3.63. The number of hydrogen-bond donors (Lipinski definition) is 1. The molecule has 0 saturated carbocycles. The van der Waals surface area contributed by atoms with Gasteiger partial charge in [-0.2, -0.15) is 0 Å². The molecule has 0 bridgehead atoms. The maximum absolute atomic E-state index is 12.2. The normalized spacial score (nSPS) is 11.6. The Balaban J connectivity index is 1.72. The number of carbonyl (C=O) groups is 1. The Morgan fingerprint density at radius 3 is 2.44 bits per heavy atom. The van der Waals surface area contributed by atoms with Crippen LogP contribution in [0.4, 0.5) is 5.13 Å². The van der Waals surface area contributed by atoms with E-state index in [1.54, 1.807) is 42.5 Å². The minimum atomic E-state index is -3.59. The third kappa shape index (κ3) is 4.49. The van der Waals surface area contributed by atoms with Gasteiger partial charge in [-0.05, 0) is 17.7 Å². The van der Waals surface area contributed by atoms with Crippen molar-refractivity contribution < 1.29 is 13.2 Å². The molecule has 3 aromatic rings. The van der Waals surface area contributed by atoms with Gasteiger partial charge >= 0.3 is 0 Å². The van der Waals surface area contributed by atoms with E-state index >= 15 is 0 Å². The van der Waals surface area contributed by atoms with Gasteiger partial charge < -0.3 is 5.32 Å². The standard InChI is InChI=1S/C16H12Cl2N2O3S2/c17-11-6-7-12(18)15-14(11)20-16(24-15)19-13(21)9-25(22,23)8-10-4-2-1-3-5-10/h1-7H,8-9H2,(H,19,20,21). The van der Waals surface area contributed by atoms with E-state index in [0.717, 1.165) is 11.3 Å². The summed E-state index contributed by atoms with van der Waals surface area (Å²) in [5.41, 5.74) is 1.11. The number of halogens is 2. The van der Waals surface area contributed by atoms with Crippen molar-refractivity contribution in [3.05, 3.63) is 58.1 Å². The van der Waals surface area contributed by atoms with E-state index in [0.29, 0.717) is 25.8 Å². The van der Waals surface area contributed by atoms with E-state index in [9.17, 15) is 13.2 Å². The van der Waals surface area contributed by atoms with Crippen molar-refractivity contribution in [1.82, 2.24) is 4.98 Å². The third-order valence-corrected chi connectivity index (χ3v) is 6.48. The molecule has 3 rings (SSSR count). The van der Waals surface area contributed by atoms with E-state index in [1.807, 2.05) is 0 Å². The predicted octanol–water partition coefficient (Wildman–Crippen LogP) is 4.16. The van der Waals surface area contributed by atoms with Crippen LogP contribution in [0, 0.1) is 0 Å². The number of sulfone groups is 1. The van der Waals surface area contributed by atoms with Gasteiger partial charge in [-0.25, -0.2) is 13.4 Å². The molecular formula is C16H12Cl2N2O3S2. The largest absolute Gasteiger partial charge is 0.301 e. The topological polar surface area (TPSA) is 76.1 Å². The van der Waals surface area contributed by atoms with Crippen LogP contribution in [0.1, 0.15) is 5.56 Å². The first-order valence-electron chi connectivity index (χ1n) is 7.13. The van der Waals surface area contributed by atoms with Gasteiger partial charge in [0.05, 0.1) is 20.5 Å². The van der Waals surface area contributed by atoms with E-state index in [1.165, 1.54) is 0 Å². The molecule has 1 N–H and O–H groups in total. The van der Waals surface area contributed by atoms with Gasteiger partial charge in [0.15, 0.2) is 15.0 Å². The van der Waals surface area contributed by atoms with Crippen LogP contribution in [0.5, 0.6) is 0 Å². The number of aromatic nitrogens is 1. The molecule has 2 aromatic carbocycles. The number of thiazole rings is 1. The van der Waals surface area contributed by atoms with E-state index in [-0.39, 0.29) is 10.9 Å². The minimum absolute atomic E-state index is 0.196. The summed E-state index contributed by atoms with van der Waals surface area (Å²) in [6, 6.07) is 12.0. The summed E-state index contributed by atoms with van der Waals surface area (Å²) in [5.74, 6) is -1.47. The van der Waals surface area contributed by atoms with Gasteiger partial charge in [0.25, 0.3) is 0 Å². The molecule has 25 heavy (non-hydrogen) atoms. The second-order valence-electron chi connectivity index (χ2n) is 5.29. The highest BCUT2D eigenvalue weighted by Crippen LogP contribution is 2.35. The second-order valence-corrected chi connectivity index (χ2v) is 9.17. The van der Waals surface area contributed by atoms with Gasteiger partial charge in [0.2, 0.25) is 5.91 Å². The van der Waals surface area contributed by atoms with Crippen molar-refractivity contribution in [3.8, 4) is 0 Å². The molecule has 0 spiro atoms. The molecule has 1 heterocycles. The second kappa shape index (κ2) is 7.29. The molecule has 0 saturated heterocycles. The highest BCUT2D eigenvalue weighted by Gasteiger charge is 2.19. The third-order valence-electron chi connectivity index (χ3n) is 3.27. The van der Waals surface area contributed by atoms with Gasteiger partial charge in [0, 0.05) is 0 Å². The van der Waals surface area contributed by atoms with E-state index in [2.05, 4.69) is 10.3 Å². The SMILES string of the molecule is O=C(CS(=O)(=O)Cc1ccccc1)Nc1nc2c(Cl)ccc(Cl)c2s1. The summed E-state index contributed by atoms with van der Waals surface area (Å²) < 4.78 is 25.0. The summed E-state index contributed by atoms with van der Waals surface area (Å²) >= 11 is 13.3. The number of fused-ring (bicyclic) bond motifs is 1. The van der Waals surface area contributed by atoms with Crippen molar-refractivity contribution in [1.29, 1.82) is 0 Å². The first kappa shape index (κ1) is 18.1. The van der Waals surface area contributed by atoms with Crippen LogP contribution in [0.3, 0.4) is 0 Å². The molecule has 0 fully saturated rings. The Labute approximate surface area is 158 Å². The van der Waals surface area contributed by atoms with Crippen molar-refractivity contribution >= 4 is 65.6 Å². The summed E-state index contributed by atoms with van der Waals surface area (Å²) in [6.07, 6.45) is 0. The van der Waals surface area contributed by atoms with Gasteiger partial charge in [-0.1, -0.05) is 64.9 Å². The van der Waals surface area contributed by atoms with Crippen molar-refractivity contribution in [2.24, 2.45) is 0 Å². The lowest BCUT2D eigenvalue weighted by molar-refractivity contribution is -0.113. The first-order chi connectivity index (χ1) is 11.8. The highest BCUT2D eigenvalue weighted by molar-refractivity contribution is 7.91. The molecule has 0 unspecified atom stereocenters. The molecule has 5 nitrogen and oxygen atoms in total. The summed E-state index contributed by atoms with van der Waals surface area (Å²) in [6.45, 7) is 0. The maximum Gasteiger partial charge on any atom is 0.241 e. The zero-order valence-electron chi connectivity index (χ0n) is 12.7. The Morgan fingerprint density at radius 1 is 1.08 bits per heavy atom. The van der Waals surface area contributed by atoms with Crippen LogP contribution in [0.25, 0.3) is 10.2 Å². The van der Waals surface area contributed by atoms with Crippen LogP contribution in [0.15, 0.2) is 42.5 Å². The number of rotatable bonds is 5. The monoisotopic (exact) mass is 414 g/mol. The number of hydrogen-bond acceptors (Lipinski definition) is 5. The van der Waals surface area contributed by atoms with Gasteiger partial charge in [0.1, 0.15) is 11.3 Å². The highest BCUT2D eigenvalue weighted by atomic mass is 35.5. The minimum Gasteiger partial charge on any atom is -0.301 e. The fourth-order valence-electron chi connectivity index (χ4n) is 2.23. The number of nitrogens with zero attached hydrogens (tertiary/aromatic N) is 1. The number of nitrogens with one attached hydrogen (secondary N) is 1. The van der Waals surface area contributed by atoms with Crippen molar-refractivity contribution in [2.75, 3.05) is 11.1 Å². The molecule has 0 aliphatic carbocycles. The molecule has 0 atom stereocenters. The van der Waals surface area contributed by atoms with Gasteiger partial charge in [-0.3, -0.25) is 4.79 Å². The van der Waals surface area contributed by atoms with Crippen LogP contribution < -0.4 is 5.32 Å². The Kier molecular flexibility index (Phi) is 5.29. The van der Waals surface area contributed by atoms with E-state index in [4.69, 9.17) is 23.2 Å².